The second-order valence-corrected chi connectivity index (χ2v) is 6.41. The summed E-state index contributed by atoms with van der Waals surface area (Å²) >= 11 is 2.68. The Kier molecular flexibility index (Phi) is 6.01. The lowest BCUT2D eigenvalue weighted by Gasteiger charge is -2.09. The minimum absolute atomic E-state index is 0.0689. The number of Topliss-reactive ketones (excluding diaryl/α,β-unsaturated/α-hetero) is 1. The van der Waals surface area contributed by atoms with Crippen molar-refractivity contribution in [2.45, 2.75) is 11.1 Å². The summed E-state index contributed by atoms with van der Waals surface area (Å²) in [5.41, 5.74) is 0.749. The van der Waals surface area contributed by atoms with Crippen molar-refractivity contribution in [3.63, 3.8) is 0 Å². The number of halogens is 3. The van der Waals surface area contributed by atoms with Crippen LogP contribution in [0.4, 0.5) is 18.9 Å². The van der Waals surface area contributed by atoms with E-state index in [1.54, 1.807) is 24.3 Å². The van der Waals surface area contributed by atoms with Crippen molar-refractivity contribution >= 4 is 35.2 Å². The minimum atomic E-state index is -4.32. The largest absolute Gasteiger partial charge is 0.416 e. The van der Waals surface area contributed by atoms with Crippen LogP contribution in [-0.2, 0) is 6.18 Å². The van der Waals surface area contributed by atoms with Gasteiger partial charge in [0, 0.05) is 16.1 Å². The summed E-state index contributed by atoms with van der Waals surface area (Å²) in [7, 11) is 0. The Labute approximate surface area is 141 Å². The second-order valence-electron chi connectivity index (χ2n) is 4.66. The molecule has 0 radical (unpaired) electrons. The molecule has 2 aromatic rings. The molecule has 122 valence electrons. The Morgan fingerprint density at radius 1 is 1.04 bits per heavy atom. The average molecular weight is 357 g/mol. The van der Waals surface area contributed by atoms with E-state index >= 15 is 0 Å². The molecule has 0 saturated carbocycles. The van der Waals surface area contributed by atoms with Gasteiger partial charge < -0.3 is 4.72 Å². The third kappa shape index (κ3) is 5.21. The van der Waals surface area contributed by atoms with Crippen molar-refractivity contribution < 1.29 is 18.0 Å². The molecular weight excluding hydrogens is 343 g/mol. The van der Waals surface area contributed by atoms with Crippen LogP contribution in [0.3, 0.4) is 0 Å². The van der Waals surface area contributed by atoms with Crippen LogP contribution in [0.15, 0.2) is 53.4 Å². The molecule has 2 nitrogen and oxygen atoms in total. The number of alkyl halides is 3. The number of carbonyl (C=O) groups is 1. The first kappa shape index (κ1) is 17.7. The van der Waals surface area contributed by atoms with Crippen LogP contribution in [0.2, 0.25) is 0 Å². The number of anilines is 1. The fourth-order valence-corrected chi connectivity index (χ4v) is 2.84. The molecule has 7 heteroatoms. The Balaban J connectivity index is 1.94. The number of rotatable bonds is 6. The van der Waals surface area contributed by atoms with E-state index in [9.17, 15) is 18.0 Å². The van der Waals surface area contributed by atoms with Crippen molar-refractivity contribution in [3.8, 4) is 0 Å². The minimum Gasteiger partial charge on any atom is -0.326 e. The predicted molar refractivity (Wildman–Crippen MR) is 90.1 cm³/mol. The molecule has 0 heterocycles. The maximum absolute atomic E-state index is 12.5. The summed E-state index contributed by atoms with van der Waals surface area (Å²) in [5, 5.41) is 0. The summed E-state index contributed by atoms with van der Waals surface area (Å²) in [6, 6.07) is 11.9. The maximum atomic E-state index is 12.5. The molecule has 0 saturated heterocycles. The van der Waals surface area contributed by atoms with Crippen LogP contribution in [0, 0.1) is 0 Å². The molecule has 0 aromatic heterocycles. The van der Waals surface area contributed by atoms with Gasteiger partial charge in [-0.15, -0.1) is 0 Å². The van der Waals surface area contributed by atoms with Gasteiger partial charge in [0.1, 0.15) is 0 Å². The first-order chi connectivity index (χ1) is 10.9. The van der Waals surface area contributed by atoms with Crippen LogP contribution < -0.4 is 4.72 Å². The number of hydrogen-bond donors (Lipinski definition) is 1. The Hall–Kier alpha value is -1.60. The van der Waals surface area contributed by atoms with Crippen molar-refractivity contribution in [2.75, 3.05) is 16.7 Å². The topological polar surface area (TPSA) is 29.1 Å². The summed E-state index contributed by atoms with van der Waals surface area (Å²) in [6.07, 6.45) is -2.45. The van der Waals surface area contributed by atoms with Crippen molar-refractivity contribution in [2.24, 2.45) is 0 Å². The fraction of sp³-hybridized carbons (Fsp3) is 0.188. The molecular formula is C16H14F3NOS2. The predicted octanol–water partition coefficient (Wildman–Crippen LogP) is 5.37. The third-order valence-corrected chi connectivity index (χ3v) is 4.35. The zero-order valence-electron chi connectivity index (χ0n) is 12.2. The quantitative estimate of drug-likeness (QED) is 0.556. The highest BCUT2D eigenvalue weighted by Crippen LogP contribution is 2.31. The summed E-state index contributed by atoms with van der Waals surface area (Å²) in [6.45, 7) is 0. The number of hydrogen-bond acceptors (Lipinski definition) is 4. The smallest absolute Gasteiger partial charge is 0.326 e. The molecule has 2 aromatic carbocycles. The highest BCUT2D eigenvalue weighted by atomic mass is 32.2. The van der Waals surface area contributed by atoms with E-state index < -0.39 is 11.7 Å². The molecule has 0 aliphatic heterocycles. The van der Waals surface area contributed by atoms with Gasteiger partial charge in [-0.1, -0.05) is 0 Å². The van der Waals surface area contributed by atoms with E-state index in [2.05, 4.69) is 4.72 Å². The van der Waals surface area contributed by atoms with Gasteiger partial charge in [-0.2, -0.15) is 24.9 Å². The normalized spacial score (nSPS) is 11.3. The maximum Gasteiger partial charge on any atom is 0.416 e. The van der Waals surface area contributed by atoms with Crippen molar-refractivity contribution in [1.82, 2.24) is 0 Å². The Bertz CT molecular complexity index is 655. The molecule has 0 bridgehead atoms. The Morgan fingerprint density at radius 2 is 1.65 bits per heavy atom. The standard InChI is InChI=1S/C16H14F3NOS2/c1-22-10-15(21)11-2-6-13(7-3-11)20-23-14-8-4-12(5-9-14)16(17,18)19/h2-9,20H,10H2,1H3. The van der Waals surface area contributed by atoms with Gasteiger partial charge in [0.25, 0.3) is 0 Å². The molecule has 0 aliphatic rings. The highest BCUT2D eigenvalue weighted by molar-refractivity contribution is 8.00. The van der Waals surface area contributed by atoms with Gasteiger partial charge in [-0.3, -0.25) is 4.79 Å². The molecule has 0 spiro atoms. The zero-order valence-corrected chi connectivity index (χ0v) is 13.8. The lowest BCUT2D eigenvalue weighted by molar-refractivity contribution is -0.137. The molecule has 1 N–H and O–H groups in total. The molecule has 23 heavy (non-hydrogen) atoms. The van der Waals surface area contributed by atoms with E-state index in [1.807, 2.05) is 6.26 Å². The van der Waals surface area contributed by atoms with E-state index in [1.165, 1.54) is 35.8 Å². The lowest BCUT2D eigenvalue weighted by Crippen LogP contribution is -2.04. The molecule has 0 fully saturated rings. The third-order valence-electron chi connectivity index (χ3n) is 2.95. The van der Waals surface area contributed by atoms with Crippen LogP contribution >= 0.6 is 23.7 Å². The monoisotopic (exact) mass is 357 g/mol. The second kappa shape index (κ2) is 7.79. The van der Waals surface area contributed by atoms with E-state index in [0.717, 1.165) is 17.8 Å². The van der Waals surface area contributed by atoms with Crippen LogP contribution in [0.5, 0.6) is 0 Å². The SMILES string of the molecule is CSCC(=O)c1ccc(NSc2ccc(C(F)(F)F)cc2)cc1. The molecule has 0 amide bonds. The molecule has 0 aliphatic carbocycles. The number of nitrogens with one attached hydrogen (secondary N) is 1. The first-order valence-corrected chi connectivity index (χ1v) is 8.83. The number of carbonyl (C=O) groups excluding carboxylic acids is 1. The highest BCUT2D eigenvalue weighted by Gasteiger charge is 2.29. The van der Waals surface area contributed by atoms with Crippen molar-refractivity contribution in [1.29, 1.82) is 0 Å². The number of thioether (sulfide) groups is 1. The summed E-state index contributed by atoms with van der Waals surface area (Å²) < 4.78 is 40.5. The Morgan fingerprint density at radius 3 is 2.17 bits per heavy atom. The van der Waals surface area contributed by atoms with Gasteiger partial charge in [0.05, 0.1) is 11.3 Å². The molecule has 2 rings (SSSR count). The first-order valence-electron chi connectivity index (χ1n) is 6.62. The van der Waals surface area contributed by atoms with Crippen LogP contribution in [0.1, 0.15) is 15.9 Å². The van der Waals surface area contributed by atoms with Crippen molar-refractivity contribution in [3.05, 3.63) is 59.7 Å². The lowest BCUT2D eigenvalue weighted by atomic mass is 10.1. The number of ketones is 1. The fourth-order valence-electron chi connectivity index (χ4n) is 1.77. The van der Waals surface area contributed by atoms with Gasteiger partial charge in [0.2, 0.25) is 0 Å². The molecule has 0 atom stereocenters. The van der Waals surface area contributed by atoms with Gasteiger partial charge in [-0.25, -0.2) is 0 Å². The zero-order chi connectivity index (χ0) is 16.9. The molecule has 0 unspecified atom stereocenters. The van der Waals surface area contributed by atoms with Gasteiger partial charge in [0.15, 0.2) is 5.78 Å². The van der Waals surface area contributed by atoms with E-state index in [-0.39, 0.29) is 5.78 Å². The number of benzene rings is 2. The van der Waals surface area contributed by atoms with Crippen LogP contribution in [0.25, 0.3) is 0 Å². The summed E-state index contributed by atoms with van der Waals surface area (Å²) in [5.74, 6) is 0.507. The average Bonchev–Trinajstić information content (AvgIpc) is 2.53. The van der Waals surface area contributed by atoms with E-state index in [4.69, 9.17) is 0 Å². The van der Waals surface area contributed by atoms with Gasteiger partial charge in [-0.05, 0) is 66.7 Å². The van der Waals surface area contributed by atoms with E-state index in [0.29, 0.717) is 16.2 Å². The summed E-state index contributed by atoms with van der Waals surface area (Å²) in [4.78, 5) is 12.4. The van der Waals surface area contributed by atoms with Gasteiger partial charge >= 0.3 is 6.18 Å². The van der Waals surface area contributed by atoms with Crippen LogP contribution in [-0.4, -0.2) is 17.8 Å².